The number of anilines is 1. The third-order valence-corrected chi connectivity index (χ3v) is 4.18. The van der Waals surface area contributed by atoms with E-state index in [1.54, 1.807) is 19.2 Å². The van der Waals surface area contributed by atoms with E-state index < -0.39 is 10.2 Å². The Bertz CT molecular complexity index is 942. The van der Waals surface area contributed by atoms with Gasteiger partial charge in [0.15, 0.2) is 11.5 Å². The van der Waals surface area contributed by atoms with Gasteiger partial charge in [-0.2, -0.15) is 8.42 Å². The number of hydrogen-bond donors (Lipinski definition) is 3. The molecule has 0 aliphatic heterocycles. The second-order valence-electron chi connectivity index (χ2n) is 5.33. The summed E-state index contributed by atoms with van der Waals surface area (Å²) in [5.41, 5.74) is 1.63. The van der Waals surface area contributed by atoms with Gasteiger partial charge < -0.3 is 19.5 Å². The summed E-state index contributed by atoms with van der Waals surface area (Å²) in [4.78, 5) is 7.79. The van der Waals surface area contributed by atoms with Crippen LogP contribution in [0.1, 0.15) is 0 Å². The summed E-state index contributed by atoms with van der Waals surface area (Å²) in [7, 11) is -0.639. The topological polar surface area (TPSA) is 129 Å². The summed E-state index contributed by atoms with van der Waals surface area (Å²) in [5.74, 6) is 1.08. The lowest BCUT2D eigenvalue weighted by atomic mass is 10.1. The fourth-order valence-electron chi connectivity index (χ4n) is 2.39. The number of nitrogens with zero attached hydrogens (tertiary/aromatic N) is 2. The summed E-state index contributed by atoms with van der Waals surface area (Å²) >= 11 is 0. The molecule has 0 aliphatic carbocycles. The molecule has 1 aromatic heterocycles. The maximum atomic E-state index is 10.7. The largest absolute Gasteiger partial charge is 0.493 e. The Labute approximate surface area is 157 Å². The lowest BCUT2D eigenvalue weighted by molar-refractivity contribution is 0.149. The van der Waals surface area contributed by atoms with Gasteiger partial charge >= 0.3 is 0 Å². The van der Waals surface area contributed by atoms with Gasteiger partial charge in [-0.1, -0.05) is 0 Å². The first-order valence-electron chi connectivity index (χ1n) is 7.90. The Morgan fingerprint density at radius 2 is 1.85 bits per heavy atom. The molecular formula is C16H21N5O5S. The van der Waals surface area contributed by atoms with E-state index in [9.17, 15) is 8.42 Å². The van der Waals surface area contributed by atoms with Crippen LogP contribution in [0.25, 0.3) is 15.7 Å². The molecule has 27 heavy (non-hydrogen) atoms. The predicted molar refractivity (Wildman–Crippen MR) is 102 cm³/mol. The van der Waals surface area contributed by atoms with Gasteiger partial charge in [0.25, 0.3) is 10.2 Å². The number of fused-ring (bicyclic) bond motifs is 1. The summed E-state index contributed by atoms with van der Waals surface area (Å²) < 4.78 is 39.5. The molecule has 4 N–H and O–H groups in total. The van der Waals surface area contributed by atoms with Crippen molar-refractivity contribution in [1.29, 1.82) is 0 Å². The molecule has 1 aromatic carbocycles. The zero-order valence-corrected chi connectivity index (χ0v) is 15.8. The Hall–Kier alpha value is -2.65. The van der Waals surface area contributed by atoms with Crippen molar-refractivity contribution in [3.8, 4) is 11.5 Å². The molecule has 0 unspecified atom stereocenters. The fraction of sp³-hybridized carbons (Fsp3) is 0.375. The van der Waals surface area contributed by atoms with Crippen molar-refractivity contribution in [1.82, 2.24) is 9.71 Å². The first kappa shape index (κ1) is 20.7. The molecule has 1 heterocycles. The predicted octanol–water partition coefficient (Wildman–Crippen LogP) is 1.02. The second kappa shape index (κ2) is 9.33. The van der Waals surface area contributed by atoms with Gasteiger partial charge in [-0.05, 0) is 6.07 Å². The van der Waals surface area contributed by atoms with Crippen molar-refractivity contribution < 1.29 is 22.6 Å². The summed E-state index contributed by atoms with van der Waals surface area (Å²) in [6.45, 7) is 8.32. The van der Waals surface area contributed by atoms with Crippen LogP contribution in [-0.2, 0) is 14.9 Å². The third-order valence-electron chi connectivity index (χ3n) is 3.57. The monoisotopic (exact) mass is 395 g/mol. The van der Waals surface area contributed by atoms with Gasteiger partial charge in [0.05, 0.1) is 45.2 Å². The number of benzene rings is 1. The highest BCUT2D eigenvalue weighted by Crippen LogP contribution is 2.38. The molecular weight excluding hydrogens is 374 g/mol. The second-order valence-corrected chi connectivity index (χ2v) is 6.71. The van der Waals surface area contributed by atoms with Gasteiger partial charge in [0, 0.05) is 30.7 Å². The number of aromatic nitrogens is 1. The quantitative estimate of drug-likeness (QED) is 0.405. The molecule has 0 amide bonds. The van der Waals surface area contributed by atoms with E-state index in [1.165, 1.54) is 13.3 Å². The smallest absolute Gasteiger partial charge is 0.274 e. The van der Waals surface area contributed by atoms with Crippen molar-refractivity contribution in [2.75, 3.05) is 45.8 Å². The molecule has 0 bridgehead atoms. The zero-order valence-electron chi connectivity index (χ0n) is 15.0. The van der Waals surface area contributed by atoms with E-state index in [2.05, 4.69) is 19.9 Å². The van der Waals surface area contributed by atoms with Crippen molar-refractivity contribution in [2.24, 2.45) is 5.14 Å². The van der Waals surface area contributed by atoms with Crippen LogP contribution in [0.2, 0.25) is 0 Å². The maximum Gasteiger partial charge on any atom is 0.274 e. The molecule has 0 atom stereocenters. The van der Waals surface area contributed by atoms with E-state index in [0.29, 0.717) is 41.5 Å². The van der Waals surface area contributed by atoms with Crippen LogP contribution in [0.15, 0.2) is 18.3 Å². The van der Waals surface area contributed by atoms with Crippen LogP contribution in [0.3, 0.4) is 0 Å². The summed E-state index contributed by atoms with van der Waals surface area (Å²) in [6.07, 6.45) is 1.49. The zero-order chi connectivity index (χ0) is 19.9. The van der Waals surface area contributed by atoms with Crippen molar-refractivity contribution in [3.05, 3.63) is 29.7 Å². The molecule has 0 saturated carbocycles. The minimum absolute atomic E-state index is 0.0846. The SMILES string of the molecule is [C-]#[N+]c1cnc2cc(OC)c(OC)cc2c1NCCOCCNS(N)(=O)=O. The third kappa shape index (κ3) is 5.66. The number of pyridine rings is 1. The molecule has 146 valence electrons. The maximum absolute atomic E-state index is 10.7. The van der Waals surface area contributed by atoms with E-state index in [1.807, 2.05) is 0 Å². The number of nitrogens with two attached hydrogens (primary N) is 1. The van der Waals surface area contributed by atoms with Crippen molar-refractivity contribution >= 4 is 32.5 Å². The fourth-order valence-corrected chi connectivity index (χ4v) is 2.75. The van der Waals surface area contributed by atoms with Gasteiger partial charge in [-0.25, -0.2) is 14.7 Å². The van der Waals surface area contributed by atoms with Crippen molar-refractivity contribution in [2.45, 2.75) is 0 Å². The van der Waals surface area contributed by atoms with Crippen LogP contribution in [-0.4, -0.2) is 53.9 Å². The van der Waals surface area contributed by atoms with E-state index >= 15 is 0 Å². The first-order valence-corrected chi connectivity index (χ1v) is 9.45. The number of rotatable bonds is 10. The first-order chi connectivity index (χ1) is 12.9. The Kier molecular flexibility index (Phi) is 7.14. The Morgan fingerprint density at radius 3 is 2.48 bits per heavy atom. The molecule has 2 rings (SSSR count). The number of hydrogen-bond acceptors (Lipinski definition) is 7. The van der Waals surface area contributed by atoms with Crippen LogP contribution < -0.4 is 24.7 Å². The summed E-state index contributed by atoms with van der Waals surface area (Å²) in [5, 5.41) is 8.71. The Morgan fingerprint density at radius 1 is 1.19 bits per heavy atom. The summed E-state index contributed by atoms with van der Waals surface area (Å²) in [6, 6.07) is 3.50. The highest BCUT2D eigenvalue weighted by Gasteiger charge is 2.13. The molecule has 0 spiro atoms. The Balaban J connectivity index is 2.08. The molecule has 11 heteroatoms. The average Bonchev–Trinajstić information content (AvgIpc) is 2.64. The number of nitrogens with one attached hydrogen (secondary N) is 2. The van der Waals surface area contributed by atoms with Crippen LogP contribution in [0.5, 0.6) is 11.5 Å². The molecule has 0 radical (unpaired) electrons. The standard InChI is InChI=1S/C16H21N5O5S/c1-18-13-10-20-12-9-15(25-3)14(24-2)8-11(12)16(13)19-4-6-26-7-5-21-27(17,22)23/h8-10,21H,4-7H2,2-3H3,(H,19,20)(H2,17,22,23). The van der Waals surface area contributed by atoms with E-state index in [4.69, 9.17) is 25.9 Å². The highest BCUT2D eigenvalue weighted by atomic mass is 32.2. The van der Waals surface area contributed by atoms with Gasteiger partial charge in [0.1, 0.15) is 0 Å². The van der Waals surface area contributed by atoms with E-state index in [0.717, 1.165) is 5.39 Å². The van der Waals surface area contributed by atoms with Crippen molar-refractivity contribution in [3.63, 3.8) is 0 Å². The highest BCUT2D eigenvalue weighted by molar-refractivity contribution is 7.87. The molecule has 10 nitrogen and oxygen atoms in total. The minimum atomic E-state index is -3.71. The van der Waals surface area contributed by atoms with Gasteiger partial charge in [-0.15, -0.1) is 0 Å². The van der Waals surface area contributed by atoms with Crippen LogP contribution >= 0.6 is 0 Å². The van der Waals surface area contributed by atoms with Crippen LogP contribution in [0, 0.1) is 6.57 Å². The average molecular weight is 395 g/mol. The molecule has 0 aliphatic rings. The number of ether oxygens (including phenoxy) is 3. The lowest BCUT2D eigenvalue weighted by Gasteiger charge is -2.14. The van der Waals surface area contributed by atoms with Crippen LogP contribution in [0.4, 0.5) is 11.4 Å². The molecule has 0 fully saturated rings. The minimum Gasteiger partial charge on any atom is -0.493 e. The van der Waals surface area contributed by atoms with Gasteiger partial charge in [-0.3, -0.25) is 4.98 Å². The van der Waals surface area contributed by atoms with E-state index in [-0.39, 0.29) is 13.2 Å². The lowest BCUT2D eigenvalue weighted by Crippen LogP contribution is -2.33. The normalized spacial score (nSPS) is 11.2. The molecule has 0 saturated heterocycles. The molecule has 2 aromatic rings. The van der Waals surface area contributed by atoms with Gasteiger partial charge in [0.2, 0.25) is 5.69 Å². The number of methoxy groups -OCH3 is 2.